The highest BCUT2D eigenvalue weighted by atomic mass is 16.5. The number of hydrogen-bond acceptors (Lipinski definition) is 4. The highest BCUT2D eigenvalue weighted by molar-refractivity contribution is 5.36. The Labute approximate surface area is 95.7 Å². The minimum atomic E-state index is -1.03. The van der Waals surface area contributed by atoms with E-state index < -0.39 is 5.60 Å². The number of aromatic nitrogens is 2. The molecule has 0 spiro atoms. The maximum atomic E-state index is 9.45. The van der Waals surface area contributed by atoms with Crippen molar-refractivity contribution in [1.29, 1.82) is 0 Å². The molecule has 0 saturated heterocycles. The molecule has 0 aromatic carbocycles. The van der Waals surface area contributed by atoms with Crippen molar-refractivity contribution in [2.45, 2.75) is 33.3 Å². The third kappa shape index (κ3) is 3.87. The van der Waals surface area contributed by atoms with Gasteiger partial charge in [-0.1, -0.05) is 5.92 Å². The van der Waals surface area contributed by atoms with Gasteiger partial charge >= 0.3 is 0 Å². The van der Waals surface area contributed by atoms with Crippen LogP contribution < -0.4 is 4.74 Å². The Morgan fingerprint density at radius 3 is 2.69 bits per heavy atom. The van der Waals surface area contributed by atoms with Crippen molar-refractivity contribution in [2.75, 3.05) is 6.61 Å². The van der Waals surface area contributed by atoms with Crippen LogP contribution in [-0.2, 0) is 0 Å². The van der Waals surface area contributed by atoms with Gasteiger partial charge < -0.3 is 9.84 Å². The lowest BCUT2D eigenvalue weighted by Crippen LogP contribution is -2.14. The van der Waals surface area contributed by atoms with E-state index in [1.165, 1.54) is 0 Å². The second-order valence-electron chi connectivity index (χ2n) is 3.92. The van der Waals surface area contributed by atoms with Crippen molar-refractivity contribution in [1.82, 2.24) is 10.2 Å². The Hall–Kier alpha value is -1.60. The van der Waals surface area contributed by atoms with E-state index in [4.69, 9.17) is 4.74 Å². The largest absolute Gasteiger partial charge is 0.492 e. The molecular formula is C12H16N2O2. The van der Waals surface area contributed by atoms with Crippen LogP contribution in [0.5, 0.6) is 5.75 Å². The highest BCUT2D eigenvalue weighted by Gasteiger charge is 2.07. The molecule has 0 aliphatic heterocycles. The lowest BCUT2D eigenvalue weighted by Gasteiger charge is -2.07. The average molecular weight is 220 g/mol. The summed E-state index contributed by atoms with van der Waals surface area (Å²) < 4.78 is 5.38. The van der Waals surface area contributed by atoms with Gasteiger partial charge in [-0.3, -0.25) is 0 Å². The molecule has 0 atom stereocenters. The molecule has 4 nitrogen and oxygen atoms in total. The van der Waals surface area contributed by atoms with Crippen LogP contribution in [0, 0.1) is 18.8 Å². The third-order valence-corrected chi connectivity index (χ3v) is 1.73. The first-order chi connectivity index (χ1) is 7.42. The molecule has 0 bridgehead atoms. The lowest BCUT2D eigenvalue weighted by molar-refractivity contribution is 0.143. The number of aliphatic hydroxyl groups is 1. The minimum absolute atomic E-state index is 0.496. The fourth-order valence-electron chi connectivity index (χ4n) is 1.02. The third-order valence-electron chi connectivity index (χ3n) is 1.73. The molecule has 1 heterocycles. The summed E-state index contributed by atoms with van der Waals surface area (Å²) in [6.07, 6.45) is 0. The summed E-state index contributed by atoms with van der Waals surface area (Å²) in [7, 11) is 0. The Balaban J connectivity index is 2.98. The van der Waals surface area contributed by atoms with E-state index in [-0.39, 0.29) is 0 Å². The number of ether oxygens (including phenoxy) is 1. The molecule has 1 aromatic rings. The topological polar surface area (TPSA) is 55.2 Å². The predicted molar refractivity (Wildman–Crippen MR) is 61.1 cm³/mol. The van der Waals surface area contributed by atoms with Gasteiger partial charge in [0.2, 0.25) is 0 Å². The van der Waals surface area contributed by atoms with Crippen molar-refractivity contribution >= 4 is 0 Å². The Morgan fingerprint density at radius 2 is 2.12 bits per heavy atom. The highest BCUT2D eigenvalue weighted by Crippen LogP contribution is 2.14. The molecule has 0 aliphatic rings. The molecule has 1 aromatic heterocycles. The molecule has 0 fully saturated rings. The predicted octanol–water partition coefficient (Wildman–Crippen LogP) is 1.31. The van der Waals surface area contributed by atoms with Gasteiger partial charge in [-0.15, -0.1) is 5.10 Å². The van der Waals surface area contributed by atoms with E-state index in [1.807, 2.05) is 13.8 Å². The van der Waals surface area contributed by atoms with Gasteiger partial charge in [0.05, 0.1) is 6.61 Å². The minimum Gasteiger partial charge on any atom is -0.492 e. The Bertz CT molecular complexity index is 425. The van der Waals surface area contributed by atoms with Crippen molar-refractivity contribution in [3.05, 3.63) is 17.5 Å². The summed E-state index contributed by atoms with van der Waals surface area (Å²) in [5.41, 5.74) is 0.199. The smallest absolute Gasteiger partial charge is 0.145 e. The molecule has 4 heteroatoms. The normalized spacial score (nSPS) is 10.6. The summed E-state index contributed by atoms with van der Waals surface area (Å²) in [6, 6.07) is 1.73. The summed E-state index contributed by atoms with van der Waals surface area (Å²) in [4.78, 5) is 0. The van der Waals surface area contributed by atoms with Gasteiger partial charge in [-0.2, -0.15) is 5.10 Å². The van der Waals surface area contributed by atoms with Gasteiger partial charge in [-0.25, -0.2) is 0 Å². The summed E-state index contributed by atoms with van der Waals surface area (Å²) in [6.45, 7) is 7.54. The fraction of sp³-hybridized carbons (Fsp3) is 0.500. The average Bonchev–Trinajstić information content (AvgIpc) is 2.18. The zero-order chi connectivity index (χ0) is 12.2. The number of nitrogens with zero attached hydrogens (tertiary/aromatic N) is 2. The van der Waals surface area contributed by atoms with E-state index in [1.54, 1.807) is 19.9 Å². The number of rotatable bonds is 2. The zero-order valence-electron chi connectivity index (χ0n) is 10.0. The van der Waals surface area contributed by atoms with Crippen molar-refractivity contribution in [2.24, 2.45) is 0 Å². The van der Waals surface area contributed by atoms with Crippen molar-refractivity contribution in [3.8, 4) is 17.6 Å². The van der Waals surface area contributed by atoms with Crippen LogP contribution >= 0.6 is 0 Å². The first-order valence-electron chi connectivity index (χ1n) is 5.15. The monoisotopic (exact) mass is 220 g/mol. The second kappa shape index (κ2) is 4.95. The molecule has 0 aliphatic carbocycles. The van der Waals surface area contributed by atoms with Crippen LogP contribution in [0.25, 0.3) is 0 Å². The number of hydrogen-bond donors (Lipinski definition) is 1. The van der Waals surface area contributed by atoms with E-state index >= 15 is 0 Å². The summed E-state index contributed by atoms with van der Waals surface area (Å²) >= 11 is 0. The molecule has 0 unspecified atom stereocenters. The standard InChI is InChI=1S/C12H16N2O2/c1-5-16-11-8-10(14-13-9(11)2)6-7-12(3,4)15/h8,15H,5H2,1-4H3. The lowest BCUT2D eigenvalue weighted by atomic mass is 10.1. The van der Waals surface area contributed by atoms with Crippen LogP contribution in [-0.4, -0.2) is 27.5 Å². The molecule has 0 amide bonds. The molecule has 0 radical (unpaired) electrons. The van der Waals surface area contributed by atoms with Gasteiger partial charge in [-0.05, 0) is 33.6 Å². The van der Waals surface area contributed by atoms with Crippen LogP contribution in [0.2, 0.25) is 0 Å². The van der Waals surface area contributed by atoms with Gasteiger partial charge in [0.1, 0.15) is 22.7 Å². The molecule has 1 N–H and O–H groups in total. The van der Waals surface area contributed by atoms with E-state index in [0.29, 0.717) is 18.1 Å². The molecular weight excluding hydrogens is 204 g/mol. The van der Waals surface area contributed by atoms with Gasteiger partial charge in [0.25, 0.3) is 0 Å². The quantitative estimate of drug-likeness (QED) is 0.763. The van der Waals surface area contributed by atoms with Crippen LogP contribution in [0.4, 0.5) is 0 Å². The summed E-state index contributed by atoms with van der Waals surface area (Å²) in [5.74, 6) is 6.11. The van der Waals surface area contributed by atoms with Crippen molar-refractivity contribution in [3.63, 3.8) is 0 Å². The Kier molecular flexibility index (Phi) is 3.86. The molecule has 1 rings (SSSR count). The summed E-state index contributed by atoms with van der Waals surface area (Å²) in [5, 5.41) is 17.3. The SMILES string of the molecule is CCOc1cc(C#CC(C)(C)O)nnc1C. The molecule has 0 saturated carbocycles. The van der Waals surface area contributed by atoms with E-state index in [9.17, 15) is 5.11 Å². The Morgan fingerprint density at radius 1 is 1.44 bits per heavy atom. The van der Waals surface area contributed by atoms with Crippen LogP contribution in [0.1, 0.15) is 32.2 Å². The van der Waals surface area contributed by atoms with Crippen LogP contribution in [0.15, 0.2) is 6.07 Å². The van der Waals surface area contributed by atoms with E-state index in [0.717, 1.165) is 5.69 Å². The zero-order valence-corrected chi connectivity index (χ0v) is 10.0. The first kappa shape index (κ1) is 12.5. The fourth-order valence-corrected chi connectivity index (χ4v) is 1.02. The molecule has 86 valence electrons. The molecule has 16 heavy (non-hydrogen) atoms. The first-order valence-corrected chi connectivity index (χ1v) is 5.15. The maximum Gasteiger partial charge on any atom is 0.145 e. The maximum absolute atomic E-state index is 9.45. The van der Waals surface area contributed by atoms with Gasteiger partial charge in [0, 0.05) is 6.07 Å². The van der Waals surface area contributed by atoms with Crippen LogP contribution in [0.3, 0.4) is 0 Å². The number of aryl methyl sites for hydroxylation is 1. The van der Waals surface area contributed by atoms with Gasteiger partial charge in [0.15, 0.2) is 0 Å². The van der Waals surface area contributed by atoms with Crippen molar-refractivity contribution < 1.29 is 9.84 Å². The second-order valence-corrected chi connectivity index (χ2v) is 3.92. The van der Waals surface area contributed by atoms with E-state index in [2.05, 4.69) is 22.0 Å².